The third-order valence-electron chi connectivity index (χ3n) is 5.18. The van der Waals surface area contributed by atoms with E-state index in [0.29, 0.717) is 45.9 Å². The van der Waals surface area contributed by atoms with Gasteiger partial charge in [-0.15, -0.1) is 0 Å². The molecule has 1 atom stereocenters. The Kier molecular flexibility index (Phi) is 4.96. The molecule has 3 saturated heterocycles. The first-order valence-electron chi connectivity index (χ1n) is 8.56. The summed E-state index contributed by atoms with van der Waals surface area (Å²) < 4.78 is 5.29. The number of nitrogens with zero attached hydrogens (tertiary/aromatic N) is 3. The largest absolute Gasteiger partial charge is 0.378 e. The van der Waals surface area contributed by atoms with E-state index < -0.39 is 0 Å². The summed E-state index contributed by atoms with van der Waals surface area (Å²) in [6, 6.07) is -0.318. The smallest absolute Gasteiger partial charge is 0.247 e. The number of likely N-dealkylation sites (N-methyl/N-ethyl adjacent to an activating group) is 1. The lowest BCUT2D eigenvalue weighted by Crippen LogP contribution is -2.50. The Morgan fingerprint density at radius 2 is 1.78 bits per heavy atom. The Hall–Kier alpha value is -1.47. The van der Waals surface area contributed by atoms with E-state index in [0.717, 1.165) is 12.8 Å². The van der Waals surface area contributed by atoms with Crippen LogP contribution in [0.4, 0.5) is 0 Å². The maximum absolute atomic E-state index is 12.5. The number of morpholine rings is 1. The highest BCUT2D eigenvalue weighted by Crippen LogP contribution is 2.26. The first-order chi connectivity index (χ1) is 11.1. The molecule has 0 unspecified atom stereocenters. The lowest BCUT2D eigenvalue weighted by Gasteiger charge is -2.37. The Balaban J connectivity index is 1.53. The van der Waals surface area contributed by atoms with Gasteiger partial charge in [-0.25, -0.2) is 0 Å². The van der Waals surface area contributed by atoms with Crippen molar-refractivity contribution in [3.63, 3.8) is 0 Å². The average molecular weight is 323 g/mol. The minimum absolute atomic E-state index is 0.0406. The summed E-state index contributed by atoms with van der Waals surface area (Å²) in [5, 5.41) is 0. The number of carbonyl (C=O) groups excluding carboxylic acids is 3. The van der Waals surface area contributed by atoms with E-state index in [-0.39, 0.29) is 36.1 Å². The molecule has 0 bridgehead atoms. The molecule has 7 nitrogen and oxygen atoms in total. The average Bonchev–Trinajstić information content (AvgIpc) is 2.89. The van der Waals surface area contributed by atoms with Crippen LogP contribution in [0.25, 0.3) is 0 Å². The van der Waals surface area contributed by atoms with Crippen LogP contribution in [0, 0.1) is 5.92 Å². The van der Waals surface area contributed by atoms with Crippen LogP contribution in [0.5, 0.6) is 0 Å². The molecule has 0 N–H and O–H groups in total. The summed E-state index contributed by atoms with van der Waals surface area (Å²) >= 11 is 0. The Morgan fingerprint density at radius 3 is 2.35 bits per heavy atom. The van der Waals surface area contributed by atoms with Crippen molar-refractivity contribution in [2.24, 2.45) is 5.92 Å². The Bertz CT molecular complexity index is 482. The van der Waals surface area contributed by atoms with Crippen LogP contribution >= 0.6 is 0 Å². The number of piperidine rings is 1. The van der Waals surface area contributed by atoms with Crippen LogP contribution < -0.4 is 0 Å². The van der Waals surface area contributed by atoms with Gasteiger partial charge in [0, 0.05) is 25.6 Å². The van der Waals surface area contributed by atoms with Gasteiger partial charge in [-0.1, -0.05) is 0 Å². The van der Waals surface area contributed by atoms with E-state index in [1.165, 1.54) is 4.90 Å². The van der Waals surface area contributed by atoms with E-state index in [9.17, 15) is 14.4 Å². The Labute approximate surface area is 136 Å². The molecule has 128 valence electrons. The maximum Gasteiger partial charge on any atom is 0.247 e. The van der Waals surface area contributed by atoms with Crippen molar-refractivity contribution in [2.45, 2.75) is 32.2 Å². The van der Waals surface area contributed by atoms with Crippen molar-refractivity contribution < 1.29 is 19.1 Å². The van der Waals surface area contributed by atoms with Crippen LogP contribution in [0.2, 0.25) is 0 Å². The van der Waals surface area contributed by atoms with Crippen molar-refractivity contribution in [2.75, 3.05) is 45.9 Å². The molecule has 3 rings (SSSR count). The Morgan fingerprint density at radius 1 is 1.13 bits per heavy atom. The lowest BCUT2D eigenvalue weighted by molar-refractivity contribution is -0.141. The minimum Gasteiger partial charge on any atom is -0.378 e. The molecule has 0 aromatic carbocycles. The molecule has 3 amide bonds. The maximum atomic E-state index is 12.5. The van der Waals surface area contributed by atoms with E-state index in [1.807, 2.05) is 11.8 Å². The summed E-state index contributed by atoms with van der Waals surface area (Å²) in [5.74, 6) is 0.111. The number of carbonyl (C=O) groups is 3. The molecule has 23 heavy (non-hydrogen) atoms. The monoisotopic (exact) mass is 323 g/mol. The first kappa shape index (κ1) is 16.4. The van der Waals surface area contributed by atoms with Gasteiger partial charge in [0.05, 0.1) is 25.7 Å². The zero-order valence-corrected chi connectivity index (χ0v) is 13.7. The predicted molar refractivity (Wildman–Crippen MR) is 82.5 cm³/mol. The number of amides is 3. The summed E-state index contributed by atoms with van der Waals surface area (Å²) in [4.78, 5) is 42.0. The van der Waals surface area contributed by atoms with E-state index in [4.69, 9.17) is 4.74 Å². The highest BCUT2D eigenvalue weighted by Gasteiger charge is 2.42. The fourth-order valence-electron chi connectivity index (χ4n) is 3.78. The molecule has 7 heteroatoms. The van der Waals surface area contributed by atoms with Crippen LogP contribution in [0.3, 0.4) is 0 Å². The third-order valence-corrected chi connectivity index (χ3v) is 5.18. The molecule has 0 aromatic heterocycles. The quantitative estimate of drug-likeness (QED) is 0.667. The summed E-state index contributed by atoms with van der Waals surface area (Å²) in [7, 11) is 0. The van der Waals surface area contributed by atoms with Crippen LogP contribution in [0.1, 0.15) is 26.2 Å². The molecule has 3 aliphatic rings. The van der Waals surface area contributed by atoms with Crippen molar-refractivity contribution in [1.82, 2.24) is 14.7 Å². The first-order valence-corrected chi connectivity index (χ1v) is 8.56. The molecule has 0 radical (unpaired) electrons. The minimum atomic E-state index is -0.318. The van der Waals surface area contributed by atoms with Gasteiger partial charge in [-0.2, -0.15) is 0 Å². The number of hydrogen-bond donors (Lipinski definition) is 0. The highest BCUT2D eigenvalue weighted by molar-refractivity contribution is 6.05. The lowest BCUT2D eigenvalue weighted by atomic mass is 9.94. The van der Waals surface area contributed by atoms with Crippen LogP contribution in [0.15, 0.2) is 0 Å². The summed E-state index contributed by atoms with van der Waals surface area (Å²) in [5.41, 5.74) is 0. The van der Waals surface area contributed by atoms with Gasteiger partial charge in [0.1, 0.15) is 0 Å². The fourth-order valence-corrected chi connectivity index (χ4v) is 3.78. The number of imide groups is 1. The molecule has 0 spiro atoms. The highest BCUT2D eigenvalue weighted by atomic mass is 16.5. The summed E-state index contributed by atoms with van der Waals surface area (Å²) in [6.07, 6.45) is 1.81. The predicted octanol–water partition coefficient (Wildman–Crippen LogP) is -0.295. The second kappa shape index (κ2) is 6.97. The van der Waals surface area contributed by atoms with Crippen molar-refractivity contribution in [3.05, 3.63) is 0 Å². The second-order valence-electron chi connectivity index (χ2n) is 6.44. The molecular weight excluding hydrogens is 298 g/mol. The van der Waals surface area contributed by atoms with Gasteiger partial charge in [0.2, 0.25) is 17.7 Å². The number of ether oxygens (including phenoxy) is 1. The number of hydrogen-bond acceptors (Lipinski definition) is 5. The van der Waals surface area contributed by atoms with Crippen molar-refractivity contribution in [3.8, 4) is 0 Å². The topological polar surface area (TPSA) is 70.2 Å². The molecule has 3 heterocycles. The van der Waals surface area contributed by atoms with Crippen molar-refractivity contribution >= 4 is 17.7 Å². The van der Waals surface area contributed by atoms with Gasteiger partial charge in [0.25, 0.3) is 0 Å². The zero-order chi connectivity index (χ0) is 16.4. The second-order valence-corrected chi connectivity index (χ2v) is 6.44. The molecule has 0 aliphatic carbocycles. The van der Waals surface area contributed by atoms with E-state index >= 15 is 0 Å². The zero-order valence-electron chi connectivity index (χ0n) is 13.7. The normalized spacial score (nSPS) is 27.8. The standard InChI is InChI=1S/C16H25N3O4/c1-2-19-14(20)11-13(16(19)22)17-5-3-12(4-6-17)15(21)18-7-9-23-10-8-18/h12-13H,2-11H2,1H3/t13-/m0/s1. The summed E-state index contributed by atoms with van der Waals surface area (Å²) in [6.45, 7) is 6.29. The van der Waals surface area contributed by atoms with Gasteiger partial charge in [0.15, 0.2) is 0 Å². The molecule has 0 aromatic rings. The molecular formula is C16H25N3O4. The van der Waals surface area contributed by atoms with E-state index in [2.05, 4.69) is 4.90 Å². The van der Waals surface area contributed by atoms with Crippen LogP contribution in [-0.2, 0) is 19.1 Å². The fraction of sp³-hybridized carbons (Fsp3) is 0.812. The van der Waals surface area contributed by atoms with Gasteiger partial charge in [-0.05, 0) is 32.9 Å². The third kappa shape index (κ3) is 3.26. The SMILES string of the molecule is CCN1C(=O)C[C@H](N2CCC(C(=O)N3CCOCC3)CC2)C1=O. The van der Waals surface area contributed by atoms with Crippen molar-refractivity contribution in [1.29, 1.82) is 0 Å². The van der Waals surface area contributed by atoms with Gasteiger partial charge in [-0.3, -0.25) is 24.2 Å². The molecule has 3 aliphatic heterocycles. The van der Waals surface area contributed by atoms with Gasteiger partial charge < -0.3 is 9.64 Å². The number of likely N-dealkylation sites (tertiary alicyclic amines) is 2. The number of rotatable bonds is 3. The van der Waals surface area contributed by atoms with Crippen LogP contribution in [-0.4, -0.2) is 84.4 Å². The van der Waals surface area contributed by atoms with Gasteiger partial charge >= 0.3 is 0 Å². The molecule has 0 saturated carbocycles. The van der Waals surface area contributed by atoms with E-state index in [1.54, 1.807) is 0 Å². The molecule has 3 fully saturated rings.